The predicted octanol–water partition coefficient (Wildman–Crippen LogP) is 3.24. The lowest BCUT2D eigenvalue weighted by Gasteiger charge is -2.37. The van der Waals surface area contributed by atoms with Gasteiger partial charge in [0.15, 0.2) is 0 Å². The molecule has 0 aromatic carbocycles. The summed E-state index contributed by atoms with van der Waals surface area (Å²) in [7, 11) is 0. The molecule has 4 unspecified atom stereocenters. The Labute approximate surface area is 87.2 Å². The molecule has 3 rings (SSSR count). The molecule has 3 fully saturated rings. The van der Waals surface area contributed by atoms with Crippen molar-refractivity contribution in [3.05, 3.63) is 0 Å². The van der Waals surface area contributed by atoms with E-state index in [-0.39, 0.29) is 5.60 Å². The Morgan fingerprint density at radius 1 is 1.14 bits per heavy atom. The quantitative estimate of drug-likeness (QED) is 0.655. The Morgan fingerprint density at radius 2 is 1.86 bits per heavy atom. The number of ether oxygens (including phenoxy) is 1. The molecule has 1 saturated heterocycles. The van der Waals surface area contributed by atoms with Gasteiger partial charge in [0.05, 0.1) is 12.2 Å². The van der Waals surface area contributed by atoms with Crippen molar-refractivity contribution in [2.45, 2.75) is 51.6 Å². The third-order valence-corrected chi connectivity index (χ3v) is 5.46. The average molecular weight is 194 g/mol. The first-order chi connectivity index (χ1) is 6.80. The van der Waals surface area contributed by atoms with Gasteiger partial charge in [0.1, 0.15) is 0 Å². The maximum absolute atomic E-state index is 6.19. The van der Waals surface area contributed by atoms with Gasteiger partial charge in [0, 0.05) is 0 Å². The standard InChI is InChI=1S/C13H22O/c1-3-13(4-2)12-10-6-5-9(7-10)11(12)8-14-13/h9-12H,3-8H2,1-2H3. The van der Waals surface area contributed by atoms with Crippen molar-refractivity contribution in [2.24, 2.45) is 23.7 Å². The Hall–Kier alpha value is -0.0400. The first-order valence-electron chi connectivity index (χ1n) is 6.44. The smallest absolute Gasteiger partial charge is 0.0711 e. The monoisotopic (exact) mass is 194 g/mol. The molecule has 0 spiro atoms. The van der Waals surface area contributed by atoms with Crippen molar-refractivity contribution in [2.75, 3.05) is 6.61 Å². The summed E-state index contributed by atoms with van der Waals surface area (Å²) in [6.07, 6.45) is 6.98. The van der Waals surface area contributed by atoms with E-state index in [4.69, 9.17) is 4.74 Å². The van der Waals surface area contributed by atoms with E-state index in [1.165, 1.54) is 32.1 Å². The average Bonchev–Trinajstić information content (AvgIpc) is 2.90. The number of fused-ring (bicyclic) bond motifs is 5. The molecule has 0 amide bonds. The number of rotatable bonds is 2. The molecule has 0 radical (unpaired) electrons. The highest BCUT2D eigenvalue weighted by atomic mass is 16.5. The third kappa shape index (κ3) is 0.946. The Morgan fingerprint density at radius 3 is 2.57 bits per heavy atom. The molecule has 4 atom stereocenters. The zero-order valence-electron chi connectivity index (χ0n) is 9.46. The van der Waals surface area contributed by atoms with Gasteiger partial charge < -0.3 is 4.74 Å². The lowest BCUT2D eigenvalue weighted by Crippen LogP contribution is -2.38. The molecule has 80 valence electrons. The van der Waals surface area contributed by atoms with Crippen molar-refractivity contribution in [1.29, 1.82) is 0 Å². The van der Waals surface area contributed by atoms with Gasteiger partial charge in [0.2, 0.25) is 0 Å². The summed E-state index contributed by atoms with van der Waals surface area (Å²) in [5.74, 6) is 3.92. The van der Waals surface area contributed by atoms with Gasteiger partial charge in [-0.3, -0.25) is 0 Å². The number of hydrogen-bond acceptors (Lipinski definition) is 1. The molecule has 1 heterocycles. The maximum Gasteiger partial charge on any atom is 0.0711 e. The van der Waals surface area contributed by atoms with Crippen molar-refractivity contribution in [1.82, 2.24) is 0 Å². The van der Waals surface area contributed by atoms with Gasteiger partial charge in [-0.25, -0.2) is 0 Å². The van der Waals surface area contributed by atoms with Crippen LogP contribution < -0.4 is 0 Å². The van der Waals surface area contributed by atoms with Crippen LogP contribution in [0.1, 0.15) is 46.0 Å². The lowest BCUT2D eigenvalue weighted by molar-refractivity contribution is -0.0406. The van der Waals surface area contributed by atoms with Gasteiger partial charge >= 0.3 is 0 Å². The molecule has 1 aliphatic heterocycles. The van der Waals surface area contributed by atoms with E-state index in [1.807, 2.05) is 0 Å². The topological polar surface area (TPSA) is 9.23 Å². The van der Waals surface area contributed by atoms with Crippen LogP contribution in [0.25, 0.3) is 0 Å². The van der Waals surface area contributed by atoms with Crippen LogP contribution in [0.4, 0.5) is 0 Å². The van der Waals surface area contributed by atoms with Crippen molar-refractivity contribution in [3.63, 3.8) is 0 Å². The SMILES string of the molecule is CCC1(CC)OCC2C3CCC(C3)C21. The molecule has 2 saturated carbocycles. The summed E-state index contributed by atoms with van der Waals surface area (Å²) in [6.45, 7) is 5.71. The summed E-state index contributed by atoms with van der Waals surface area (Å²) in [5, 5.41) is 0. The molecule has 2 bridgehead atoms. The van der Waals surface area contributed by atoms with Gasteiger partial charge in [-0.15, -0.1) is 0 Å². The molecule has 14 heavy (non-hydrogen) atoms. The number of hydrogen-bond donors (Lipinski definition) is 0. The second-order valence-electron chi connectivity index (χ2n) is 5.61. The van der Waals surface area contributed by atoms with Gasteiger partial charge in [0.25, 0.3) is 0 Å². The van der Waals surface area contributed by atoms with E-state index in [0.717, 1.165) is 30.3 Å². The molecule has 1 heteroatoms. The lowest BCUT2D eigenvalue weighted by atomic mass is 9.70. The minimum Gasteiger partial charge on any atom is -0.374 e. The van der Waals surface area contributed by atoms with Crippen LogP contribution in [0.5, 0.6) is 0 Å². The molecular weight excluding hydrogens is 172 g/mol. The van der Waals surface area contributed by atoms with E-state index in [9.17, 15) is 0 Å². The molecule has 1 nitrogen and oxygen atoms in total. The van der Waals surface area contributed by atoms with Crippen molar-refractivity contribution < 1.29 is 4.74 Å². The van der Waals surface area contributed by atoms with Crippen LogP contribution in [0.2, 0.25) is 0 Å². The highest BCUT2D eigenvalue weighted by Gasteiger charge is 2.59. The first kappa shape index (κ1) is 9.21. The van der Waals surface area contributed by atoms with E-state index in [2.05, 4.69) is 13.8 Å². The highest BCUT2D eigenvalue weighted by Crippen LogP contribution is 2.61. The van der Waals surface area contributed by atoms with E-state index in [1.54, 1.807) is 0 Å². The van der Waals surface area contributed by atoms with Crippen LogP contribution in [0.3, 0.4) is 0 Å². The van der Waals surface area contributed by atoms with Crippen molar-refractivity contribution >= 4 is 0 Å². The summed E-state index contributed by atoms with van der Waals surface area (Å²) in [6, 6.07) is 0. The fourth-order valence-electron chi connectivity index (χ4n) is 4.75. The second-order valence-corrected chi connectivity index (χ2v) is 5.61. The molecular formula is C13H22O. The van der Waals surface area contributed by atoms with E-state index < -0.39 is 0 Å². The maximum atomic E-state index is 6.19. The van der Waals surface area contributed by atoms with Crippen LogP contribution in [-0.4, -0.2) is 12.2 Å². The largest absolute Gasteiger partial charge is 0.374 e. The summed E-state index contributed by atoms with van der Waals surface area (Å²) < 4.78 is 6.19. The summed E-state index contributed by atoms with van der Waals surface area (Å²) in [4.78, 5) is 0. The normalized spacial score (nSPS) is 48.4. The molecule has 2 aliphatic carbocycles. The zero-order valence-corrected chi connectivity index (χ0v) is 9.46. The molecule has 0 aromatic heterocycles. The van der Waals surface area contributed by atoms with Crippen molar-refractivity contribution in [3.8, 4) is 0 Å². The minimum absolute atomic E-state index is 0.282. The molecule has 0 aromatic rings. The van der Waals surface area contributed by atoms with E-state index >= 15 is 0 Å². The Kier molecular flexibility index (Phi) is 1.96. The van der Waals surface area contributed by atoms with E-state index in [0.29, 0.717) is 0 Å². The second kappa shape index (κ2) is 2.98. The first-order valence-corrected chi connectivity index (χ1v) is 6.44. The van der Waals surface area contributed by atoms with Crippen LogP contribution in [0.15, 0.2) is 0 Å². The third-order valence-electron chi connectivity index (χ3n) is 5.46. The molecule has 0 N–H and O–H groups in total. The highest BCUT2D eigenvalue weighted by molar-refractivity contribution is 5.08. The van der Waals surface area contributed by atoms with Gasteiger partial charge in [-0.2, -0.15) is 0 Å². The minimum atomic E-state index is 0.282. The Balaban J connectivity index is 1.91. The zero-order chi connectivity index (χ0) is 9.76. The van der Waals surface area contributed by atoms with Gasteiger partial charge in [-0.1, -0.05) is 13.8 Å². The van der Waals surface area contributed by atoms with Crippen LogP contribution >= 0.6 is 0 Å². The van der Waals surface area contributed by atoms with Crippen LogP contribution in [0, 0.1) is 23.7 Å². The summed E-state index contributed by atoms with van der Waals surface area (Å²) >= 11 is 0. The molecule has 3 aliphatic rings. The van der Waals surface area contributed by atoms with Gasteiger partial charge in [-0.05, 0) is 55.8 Å². The summed E-state index contributed by atoms with van der Waals surface area (Å²) in [5.41, 5.74) is 0.282. The Bertz CT molecular complexity index is 231. The fraction of sp³-hybridized carbons (Fsp3) is 1.00. The fourth-order valence-corrected chi connectivity index (χ4v) is 4.75. The predicted molar refractivity (Wildman–Crippen MR) is 57.1 cm³/mol. The van der Waals surface area contributed by atoms with Crippen LogP contribution in [-0.2, 0) is 4.74 Å².